The number of carbonyl (C=O) groups is 1. The number of piperidine rings is 1. The van der Waals surface area contributed by atoms with E-state index in [4.69, 9.17) is 9.47 Å². The highest BCUT2D eigenvalue weighted by atomic mass is 32.2. The molecule has 31 heavy (non-hydrogen) atoms. The summed E-state index contributed by atoms with van der Waals surface area (Å²) in [5.41, 5.74) is 0.617. The highest BCUT2D eigenvalue weighted by Gasteiger charge is 2.27. The van der Waals surface area contributed by atoms with E-state index in [0.29, 0.717) is 24.8 Å². The molecule has 2 aromatic rings. The summed E-state index contributed by atoms with van der Waals surface area (Å²) in [5, 5.41) is 0. The van der Waals surface area contributed by atoms with Crippen molar-refractivity contribution in [3.05, 3.63) is 54.1 Å². The summed E-state index contributed by atoms with van der Waals surface area (Å²) in [5.74, 6) is 1.08. The third-order valence-corrected chi connectivity index (χ3v) is 7.18. The van der Waals surface area contributed by atoms with Crippen LogP contribution in [0.25, 0.3) is 0 Å². The third kappa shape index (κ3) is 6.00. The molecular formula is C24H31NO5S. The molecule has 1 saturated heterocycles. The highest BCUT2D eigenvalue weighted by Crippen LogP contribution is 2.26. The maximum Gasteiger partial charge on any atom is 0.410 e. The molecule has 0 N–H and O–H groups in total. The quantitative estimate of drug-likeness (QED) is 0.666. The van der Waals surface area contributed by atoms with Gasteiger partial charge in [-0.3, -0.25) is 0 Å². The van der Waals surface area contributed by atoms with Crippen LogP contribution in [0.4, 0.5) is 4.79 Å². The van der Waals surface area contributed by atoms with Crippen LogP contribution in [0, 0.1) is 5.92 Å². The van der Waals surface area contributed by atoms with E-state index in [1.165, 1.54) is 0 Å². The minimum atomic E-state index is -3.56. The average molecular weight is 446 g/mol. The number of carbonyl (C=O) groups excluding carboxylic acids is 1. The Balaban J connectivity index is 1.58. The van der Waals surface area contributed by atoms with Crippen molar-refractivity contribution in [2.75, 3.05) is 20.2 Å². The zero-order valence-electron chi connectivity index (χ0n) is 18.6. The average Bonchev–Trinajstić information content (AvgIpc) is 2.73. The molecule has 1 aliphatic heterocycles. The Morgan fingerprint density at radius 2 is 1.48 bits per heavy atom. The molecule has 0 atom stereocenters. The highest BCUT2D eigenvalue weighted by molar-refractivity contribution is 7.91. The molecule has 0 bridgehead atoms. The van der Waals surface area contributed by atoms with Gasteiger partial charge in [-0.1, -0.05) is 12.1 Å². The van der Waals surface area contributed by atoms with Crippen molar-refractivity contribution >= 4 is 15.9 Å². The molecule has 0 aromatic heterocycles. The van der Waals surface area contributed by atoms with Crippen molar-refractivity contribution in [3.8, 4) is 5.75 Å². The van der Waals surface area contributed by atoms with Crippen LogP contribution in [0.1, 0.15) is 39.2 Å². The summed E-state index contributed by atoms with van der Waals surface area (Å²) in [6.45, 7) is 6.98. The van der Waals surface area contributed by atoms with Crippen molar-refractivity contribution in [3.63, 3.8) is 0 Å². The van der Waals surface area contributed by atoms with Gasteiger partial charge in [-0.15, -0.1) is 0 Å². The van der Waals surface area contributed by atoms with E-state index in [1.807, 2.05) is 32.9 Å². The summed E-state index contributed by atoms with van der Waals surface area (Å²) in [6, 6.07) is 13.5. The van der Waals surface area contributed by atoms with Gasteiger partial charge in [0, 0.05) is 13.1 Å². The molecule has 0 radical (unpaired) electrons. The Morgan fingerprint density at radius 3 is 1.97 bits per heavy atom. The molecule has 1 fully saturated rings. The first kappa shape index (κ1) is 23.1. The van der Waals surface area contributed by atoms with E-state index < -0.39 is 15.4 Å². The Labute approximate surface area is 185 Å². The van der Waals surface area contributed by atoms with E-state index in [1.54, 1.807) is 48.4 Å². The molecule has 0 aliphatic carbocycles. The number of benzene rings is 2. The summed E-state index contributed by atoms with van der Waals surface area (Å²) in [4.78, 5) is 14.5. The Hall–Kier alpha value is -2.54. The number of methoxy groups -OCH3 is 1. The van der Waals surface area contributed by atoms with Gasteiger partial charge in [0.2, 0.25) is 9.84 Å². The smallest absolute Gasteiger partial charge is 0.410 e. The van der Waals surface area contributed by atoms with Gasteiger partial charge in [-0.25, -0.2) is 13.2 Å². The van der Waals surface area contributed by atoms with Gasteiger partial charge >= 0.3 is 6.09 Å². The third-order valence-electron chi connectivity index (χ3n) is 5.39. The van der Waals surface area contributed by atoms with E-state index >= 15 is 0 Å². The van der Waals surface area contributed by atoms with Gasteiger partial charge in [0.1, 0.15) is 11.4 Å². The lowest BCUT2D eigenvalue weighted by molar-refractivity contribution is 0.0184. The molecule has 7 heteroatoms. The van der Waals surface area contributed by atoms with Crippen molar-refractivity contribution in [2.24, 2.45) is 5.92 Å². The van der Waals surface area contributed by atoms with Gasteiger partial charge in [0.25, 0.3) is 0 Å². The maximum atomic E-state index is 12.8. The molecule has 0 saturated carbocycles. The molecule has 1 aliphatic rings. The molecule has 0 unspecified atom stereocenters. The number of hydrogen-bond donors (Lipinski definition) is 0. The van der Waals surface area contributed by atoms with E-state index in [0.717, 1.165) is 24.8 Å². The first-order valence-corrected chi connectivity index (χ1v) is 12.0. The van der Waals surface area contributed by atoms with Crippen molar-refractivity contribution in [2.45, 2.75) is 55.4 Å². The van der Waals surface area contributed by atoms with Gasteiger partial charge < -0.3 is 14.4 Å². The Bertz CT molecular complexity index is 984. The second-order valence-corrected chi connectivity index (χ2v) is 10.9. The normalized spacial score (nSPS) is 15.5. The van der Waals surface area contributed by atoms with Crippen LogP contribution < -0.4 is 4.74 Å². The van der Waals surface area contributed by atoms with Crippen LogP contribution >= 0.6 is 0 Å². The standard InChI is InChI=1S/C24H31NO5S/c1-24(2,3)30-23(26)25-15-13-19(14-16-25)17-18-5-9-21(10-6-18)31(27,28)22-11-7-20(29-4)8-12-22/h5-12,19H,13-17H2,1-4H3. The SMILES string of the molecule is COc1ccc(S(=O)(=O)c2ccc(CC3CCN(C(=O)OC(C)(C)C)CC3)cc2)cc1. The molecule has 1 amide bonds. The predicted octanol–water partition coefficient (Wildman–Crippen LogP) is 4.72. The molecule has 3 rings (SSSR count). The van der Waals surface area contributed by atoms with Crippen molar-refractivity contribution < 1.29 is 22.7 Å². The lowest BCUT2D eigenvalue weighted by atomic mass is 9.90. The molecule has 168 valence electrons. The molecule has 2 aromatic carbocycles. The van der Waals surface area contributed by atoms with Gasteiger partial charge in [0.05, 0.1) is 16.9 Å². The fourth-order valence-corrected chi connectivity index (χ4v) is 4.94. The van der Waals surface area contributed by atoms with Crippen LogP contribution in [0.5, 0.6) is 5.75 Å². The Kier molecular flexibility index (Phi) is 6.94. The van der Waals surface area contributed by atoms with E-state index in [2.05, 4.69) is 0 Å². The summed E-state index contributed by atoms with van der Waals surface area (Å²) in [6.07, 6.45) is 2.43. The van der Waals surface area contributed by atoms with Crippen LogP contribution in [-0.2, 0) is 21.0 Å². The summed E-state index contributed by atoms with van der Waals surface area (Å²) in [7, 11) is -2.01. The van der Waals surface area contributed by atoms with Crippen LogP contribution in [-0.4, -0.2) is 45.2 Å². The van der Waals surface area contributed by atoms with Crippen LogP contribution in [0.3, 0.4) is 0 Å². The Morgan fingerprint density at radius 1 is 0.968 bits per heavy atom. The number of rotatable bonds is 5. The first-order chi connectivity index (χ1) is 14.6. The predicted molar refractivity (Wildman–Crippen MR) is 119 cm³/mol. The van der Waals surface area contributed by atoms with Gasteiger partial charge in [-0.2, -0.15) is 0 Å². The number of amides is 1. The molecule has 1 heterocycles. The van der Waals surface area contributed by atoms with Gasteiger partial charge in [0.15, 0.2) is 0 Å². The van der Waals surface area contributed by atoms with Crippen molar-refractivity contribution in [1.29, 1.82) is 0 Å². The maximum absolute atomic E-state index is 12.8. The summed E-state index contributed by atoms with van der Waals surface area (Å²) >= 11 is 0. The zero-order chi connectivity index (χ0) is 22.6. The number of sulfone groups is 1. The van der Waals surface area contributed by atoms with E-state index in [-0.39, 0.29) is 15.9 Å². The minimum absolute atomic E-state index is 0.246. The number of ether oxygens (including phenoxy) is 2. The lowest BCUT2D eigenvalue weighted by Gasteiger charge is -2.33. The second-order valence-electron chi connectivity index (χ2n) is 8.94. The first-order valence-electron chi connectivity index (χ1n) is 10.5. The van der Waals surface area contributed by atoms with Crippen molar-refractivity contribution in [1.82, 2.24) is 4.90 Å². The molecule has 6 nitrogen and oxygen atoms in total. The number of likely N-dealkylation sites (tertiary alicyclic amines) is 1. The van der Waals surface area contributed by atoms with Gasteiger partial charge in [-0.05, 0) is 87.9 Å². The second kappa shape index (κ2) is 9.30. The van der Waals surface area contributed by atoms with Crippen LogP contribution in [0.2, 0.25) is 0 Å². The summed E-state index contributed by atoms with van der Waals surface area (Å²) < 4.78 is 36.2. The van der Waals surface area contributed by atoms with Crippen LogP contribution in [0.15, 0.2) is 58.3 Å². The fourth-order valence-electron chi connectivity index (χ4n) is 3.68. The molecule has 0 spiro atoms. The zero-order valence-corrected chi connectivity index (χ0v) is 19.4. The lowest BCUT2D eigenvalue weighted by Crippen LogP contribution is -2.42. The molecular weight excluding hydrogens is 414 g/mol. The largest absolute Gasteiger partial charge is 0.497 e. The monoisotopic (exact) mass is 445 g/mol. The topological polar surface area (TPSA) is 72.9 Å². The fraction of sp³-hybridized carbons (Fsp3) is 0.458. The minimum Gasteiger partial charge on any atom is -0.497 e. The van der Waals surface area contributed by atoms with E-state index in [9.17, 15) is 13.2 Å². The number of nitrogens with zero attached hydrogens (tertiary/aromatic N) is 1. The number of hydrogen-bond acceptors (Lipinski definition) is 5.